The van der Waals surface area contributed by atoms with Gasteiger partial charge >= 0.3 is 0 Å². The zero-order valence-corrected chi connectivity index (χ0v) is 13.7. The summed E-state index contributed by atoms with van der Waals surface area (Å²) in [5.74, 6) is -0.401. The fourth-order valence-corrected chi connectivity index (χ4v) is 4.79. The topological polar surface area (TPSA) is 51.2 Å². The van der Waals surface area contributed by atoms with E-state index in [1.807, 2.05) is 13.0 Å². The van der Waals surface area contributed by atoms with Crippen molar-refractivity contribution >= 4 is 47.5 Å². The van der Waals surface area contributed by atoms with Crippen molar-refractivity contribution in [3.8, 4) is 0 Å². The Balaban J connectivity index is 2.33. The summed E-state index contributed by atoms with van der Waals surface area (Å²) in [6.45, 7) is 1.93. The Morgan fingerprint density at radius 1 is 1.28 bits per heavy atom. The van der Waals surface area contributed by atoms with Crippen LogP contribution in [0.2, 0.25) is 0 Å². The van der Waals surface area contributed by atoms with Crippen molar-refractivity contribution in [3.05, 3.63) is 32.2 Å². The summed E-state index contributed by atoms with van der Waals surface area (Å²) in [5.41, 5.74) is 1.58. The number of hydrogen-bond donors (Lipinski definition) is 0. The maximum atomic E-state index is 12.3. The molecule has 0 spiro atoms. The summed E-state index contributed by atoms with van der Waals surface area (Å²) in [6.07, 6.45) is 0.430. The van der Waals surface area contributed by atoms with E-state index in [0.29, 0.717) is 12.0 Å². The molecule has 1 atom stereocenters. The quantitative estimate of drug-likeness (QED) is 0.722. The van der Waals surface area contributed by atoms with Crippen LogP contribution < -0.4 is 0 Å². The first-order chi connectivity index (χ1) is 8.30. The Kier molecular flexibility index (Phi) is 3.99. The predicted molar refractivity (Wildman–Crippen MR) is 77.7 cm³/mol. The number of sulfone groups is 1. The highest BCUT2D eigenvalue weighted by atomic mass is 79.9. The number of ketones is 1. The van der Waals surface area contributed by atoms with Crippen molar-refractivity contribution in [2.45, 2.75) is 13.3 Å². The first-order valence-electron chi connectivity index (χ1n) is 5.50. The van der Waals surface area contributed by atoms with E-state index in [-0.39, 0.29) is 17.3 Å². The van der Waals surface area contributed by atoms with Gasteiger partial charge in [-0.25, -0.2) is 8.42 Å². The molecule has 6 heteroatoms. The predicted octanol–water partition coefficient (Wildman–Crippen LogP) is 3.14. The third kappa shape index (κ3) is 2.86. The lowest BCUT2D eigenvalue weighted by Crippen LogP contribution is -2.16. The van der Waals surface area contributed by atoms with Crippen molar-refractivity contribution in [3.63, 3.8) is 0 Å². The van der Waals surface area contributed by atoms with Gasteiger partial charge in [-0.3, -0.25) is 4.79 Å². The largest absolute Gasteiger partial charge is 0.294 e. The fraction of sp³-hybridized carbons (Fsp3) is 0.417. The number of Topliss-reactive ketones (excluding diaryl/α,β-unsaturated/α-hetero) is 1. The number of hydrogen-bond acceptors (Lipinski definition) is 3. The van der Waals surface area contributed by atoms with Crippen LogP contribution in [0.5, 0.6) is 0 Å². The molecule has 98 valence electrons. The molecule has 0 saturated carbocycles. The van der Waals surface area contributed by atoms with Crippen LogP contribution in [0, 0.1) is 12.8 Å². The SMILES string of the molecule is Cc1cc(Br)c(C(=O)C2CCS(=O)(=O)C2)cc1Br. The van der Waals surface area contributed by atoms with Gasteiger partial charge in [0.1, 0.15) is 0 Å². The van der Waals surface area contributed by atoms with E-state index in [1.54, 1.807) is 6.07 Å². The molecule has 1 unspecified atom stereocenters. The number of halogens is 2. The highest BCUT2D eigenvalue weighted by Crippen LogP contribution is 2.30. The van der Waals surface area contributed by atoms with Gasteiger partial charge < -0.3 is 0 Å². The van der Waals surface area contributed by atoms with Crippen molar-refractivity contribution in [1.82, 2.24) is 0 Å². The molecule has 1 aliphatic heterocycles. The van der Waals surface area contributed by atoms with Gasteiger partial charge in [0.15, 0.2) is 15.6 Å². The molecule has 0 bridgehead atoms. The van der Waals surface area contributed by atoms with E-state index < -0.39 is 15.8 Å². The summed E-state index contributed by atoms with van der Waals surface area (Å²) in [7, 11) is -3.03. The zero-order valence-electron chi connectivity index (χ0n) is 9.74. The lowest BCUT2D eigenvalue weighted by molar-refractivity contribution is 0.0932. The minimum Gasteiger partial charge on any atom is -0.294 e. The van der Waals surface area contributed by atoms with Crippen molar-refractivity contribution in [2.75, 3.05) is 11.5 Å². The summed E-state index contributed by atoms with van der Waals surface area (Å²) in [4.78, 5) is 12.3. The van der Waals surface area contributed by atoms with Gasteiger partial charge in [-0.15, -0.1) is 0 Å². The molecule has 18 heavy (non-hydrogen) atoms. The van der Waals surface area contributed by atoms with E-state index in [1.165, 1.54) is 0 Å². The molecule has 3 nitrogen and oxygen atoms in total. The molecule has 1 aliphatic rings. The molecule has 0 amide bonds. The number of carbonyl (C=O) groups is 1. The van der Waals surface area contributed by atoms with Gasteiger partial charge in [0.2, 0.25) is 0 Å². The van der Waals surface area contributed by atoms with Gasteiger partial charge in [0, 0.05) is 20.4 Å². The first-order valence-corrected chi connectivity index (χ1v) is 8.91. The number of rotatable bonds is 2. The van der Waals surface area contributed by atoms with Crippen LogP contribution in [0.1, 0.15) is 22.3 Å². The van der Waals surface area contributed by atoms with Gasteiger partial charge in [-0.05, 0) is 31.0 Å². The van der Waals surface area contributed by atoms with Gasteiger partial charge in [0.25, 0.3) is 0 Å². The first kappa shape index (κ1) is 14.2. The van der Waals surface area contributed by atoms with Crippen molar-refractivity contribution in [2.24, 2.45) is 5.92 Å². The van der Waals surface area contributed by atoms with Gasteiger partial charge in [0.05, 0.1) is 11.5 Å². The Bertz CT molecular complexity index is 608. The van der Waals surface area contributed by atoms with Crippen LogP contribution >= 0.6 is 31.9 Å². The normalized spacial score (nSPS) is 22.1. The van der Waals surface area contributed by atoms with Crippen LogP contribution in [0.3, 0.4) is 0 Å². The number of aryl methyl sites for hydroxylation is 1. The third-order valence-electron chi connectivity index (χ3n) is 3.12. The Hall–Kier alpha value is -0.200. The molecule has 1 saturated heterocycles. The average molecular weight is 396 g/mol. The highest BCUT2D eigenvalue weighted by molar-refractivity contribution is 9.11. The standard InChI is InChI=1S/C12H12Br2O3S/c1-7-4-11(14)9(5-10(7)13)12(15)8-2-3-18(16,17)6-8/h4-5,8H,2-3,6H2,1H3. The maximum absolute atomic E-state index is 12.3. The molecule has 2 rings (SSSR count). The molecular weight excluding hydrogens is 384 g/mol. The molecule has 1 fully saturated rings. The summed E-state index contributed by atoms with van der Waals surface area (Å²) in [6, 6.07) is 3.62. The Labute approximate surface area is 123 Å². The average Bonchev–Trinajstić information content (AvgIpc) is 2.63. The van der Waals surface area contributed by atoms with Crippen LogP contribution in [0.15, 0.2) is 21.1 Å². The number of carbonyl (C=O) groups excluding carboxylic acids is 1. The second-order valence-corrected chi connectivity index (χ2v) is 8.48. The molecule has 0 radical (unpaired) electrons. The molecule has 0 aromatic heterocycles. The Morgan fingerprint density at radius 3 is 2.50 bits per heavy atom. The second-order valence-electron chi connectivity index (χ2n) is 4.55. The van der Waals surface area contributed by atoms with Gasteiger partial charge in [-0.2, -0.15) is 0 Å². The minimum atomic E-state index is -3.03. The zero-order chi connectivity index (χ0) is 13.5. The van der Waals surface area contributed by atoms with E-state index >= 15 is 0 Å². The van der Waals surface area contributed by atoms with Crippen molar-refractivity contribution in [1.29, 1.82) is 0 Å². The molecule has 1 heterocycles. The van der Waals surface area contributed by atoms with E-state index in [2.05, 4.69) is 31.9 Å². The van der Waals surface area contributed by atoms with Crippen LogP contribution in [0.4, 0.5) is 0 Å². The lowest BCUT2D eigenvalue weighted by Gasteiger charge is -2.10. The molecule has 0 aliphatic carbocycles. The number of benzene rings is 1. The van der Waals surface area contributed by atoms with Crippen LogP contribution in [-0.4, -0.2) is 25.7 Å². The van der Waals surface area contributed by atoms with Crippen LogP contribution in [-0.2, 0) is 9.84 Å². The molecule has 1 aromatic carbocycles. The van der Waals surface area contributed by atoms with E-state index in [4.69, 9.17) is 0 Å². The van der Waals surface area contributed by atoms with E-state index in [9.17, 15) is 13.2 Å². The summed E-state index contributed by atoms with van der Waals surface area (Å²) < 4.78 is 24.4. The summed E-state index contributed by atoms with van der Waals surface area (Å²) in [5, 5.41) is 0. The summed E-state index contributed by atoms with van der Waals surface area (Å²) >= 11 is 6.75. The van der Waals surface area contributed by atoms with Gasteiger partial charge in [-0.1, -0.05) is 31.9 Å². The molecule has 1 aromatic rings. The Morgan fingerprint density at radius 2 is 1.94 bits per heavy atom. The van der Waals surface area contributed by atoms with Crippen molar-refractivity contribution < 1.29 is 13.2 Å². The molecule has 0 N–H and O–H groups in total. The van der Waals surface area contributed by atoms with Crippen LogP contribution in [0.25, 0.3) is 0 Å². The monoisotopic (exact) mass is 394 g/mol. The second kappa shape index (κ2) is 5.06. The third-order valence-corrected chi connectivity index (χ3v) is 6.40. The minimum absolute atomic E-state index is 0.0240. The fourth-order valence-electron chi connectivity index (χ4n) is 2.06. The molecular formula is C12H12Br2O3S. The van der Waals surface area contributed by atoms with E-state index in [0.717, 1.165) is 14.5 Å². The maximum Gasteiger partial charge on any atom is 0.168 e. The highest BCUT2D eigenvalue weighted by Gasteiger charge is 2.34. The lowest BCUT2D eigenvalue weighted by atomic mass is 9.96. The smallest absolute Gasteiger partial charge is 0.168 e.